The lowest BCUT2D eigenvalue weighted by Gasteiger charge is -2.06. The van der Waals surface area contributed by atoms with Crippen LogP contribution in [0.5, 0.6) is 0 Å². The second-order valence-corrected chi connectivity index (χ2v) is 5.09. The fourth-order valence-corrected chi connectivity index (χ4v) is 2.48. The van der Waals surface area contributed by atoms with Gasteiger partial charge in [-0.15, -0.1) is 0 Å². The van der Waals surface area contributed by atoms with Crippen LogP contribution in [-0.4, -0.2) is 16.1 Å². The molecule has 3 nitrogen and oxygen atoms in total. The zero-order valence-electron chi connectivity index (χ0n) is 12.0. The molecule has 108 valence electrons. The maximum atomic E-state index is 13.5. The van der Waals surface area contributed by atoms with Gasteiger partial charge in [0, 0.05) is 7.05 Å². The highest BCUT2D eigenvalue weighted by Crippen LogP contribution is 2.14. The second-order valence-electron chi connectivity index (χ2n) is 5.09. The molecule has 2 aromatic carbocycles. The molecule has 0 aliphatic heterocycles. The summed E-state index contributed by atoms with van der Waals surface area (Å²) >= 11 is 0. The molecular weight excluding hydrogens is 265 g/mol. The zero-order chi connectivity index (χ0) is 14.7. The highest BCUT2D eigenvalue weighted by atomic mass is 19.1. The molecule has 0 fully saturated rings. The van der Waals surface area contributed by atoms with Crippen molar-refractivity contribution in [1.29, 1.82) is 0 Å². The van der Waals surface area contributed by atoms with Crippen LogP contribution in [0.25, 0.3) is 11.0 Å². The highest BCUT2D eigenvalue weighted by molar-refractivity contribution is 5.75. The summed E-state index contributed by atoms with van der Waals surface area (Å²) in [6.45, 7) is 1.41. The van der Waals surface area contributed by atoms with Gasteiger partial charge in [0.2, 0.25) is 0 Å². The first-order chi connectivity index (χ1) is 10.3. The molecule has 0 atom stereocenters. The lowest BCUT2D eigenvalue weighted by molar-refractivity contribution is 0.591. The minimum Gasteiger partial charge on any atom is -0.330 e. The van der Waals surface area contributed by atoms with Crippen LogP contribution in [0.4, 0.5) is 4.39 Å². The van der Waals surface area contributed by atoms with Gasteiger partial charge in [-0.1, -0.05) is 30.3 Å². The fraction of sp³-hybridized carbons (Fsp3) is 0.235. The van der Waals surface area contributed by atoms with Crippen molar-refractivity contribution in [3.8, 4) is 0 Å². The molecule has 0 spiro atoms. The van der Waals surface area contributed by atoms with Crippen molar-refractivity contribution in [3.05, 3.63) is 65.7 Å². The molecule has 3 rings (SSSR count). The number of hydrogen-bond donors (Lipinski definition) is 1. The van der Waals surface area contributed by atoms with Crippen molar-refractivity contribution < 1.29 is 4.39 Å². The van der Waals surface area contributed by atoms with Gasteiger partial charge >= 0.3 is 0 Å². The van der Waals surface area contributed by atoms with Gasteiger partial charge in [0.15, 0.2) is 0 Å². The van der Waals surface area contributed by atoms with Gasteiger partial charge in [-0.25, -0.2) is 9.37 Å². The summed E-state index contributed by atoms with van der Waals surface area (Å²) in [5.41, 5.74) is 2.88. The second kappa shape index (κ2) is 6.06. The van der Waals surface area contributed by atoms with Crippen LogP contribution in [0.3, 0.4) is 0 Å². The standard InChI is InChI=1S/C17H18FN3/c1-21-16-9-5-4-8-15(16)20-17(21)12-19-11-10-13-6-2-3-7-14(13)18/h2-9,19H,10-12H2,1H3. The molecule has 21 heavy (non-hydrogen) atoms. The number of aromatic nitrogens is 2. The third kappa shape index (κ3) is 2.95. The van der Waals surface area contributed by atoms with Crippen molar-refractivity contribution in [2.45, 2.75) is 13.0 Å². The molecule has 0 aliphatic rings. The predicted octanol–water partition coefficient (Wildman–Crippen LogP) is 3.04. The molecular formula is C17H18FN3. The smallest absolute Gasteiger partial charge is 0.126 e. The van der Waals surface area contributed by atoms with E-state index in [0.29, 0.717) is 13.0 Å². The number of nitrogens with zero attached hydrogens (tertiary/aromatic N) is 2. The maximum Gasteiger partial charge on any atom is 0.126 e. The molecule has 0 saturated heterocycles. The average molecular weight is 283 g/mol. The first-order valence-electron chi connectivity index (χ1n) is 7.10. The van der Waals surface area contributed by atoms with Gasteiger partial charge < -0.3 is 9.88 Å². The van der Waals surface area contributed by atoms with Gasteiger partial charge in [0.1, 0.15) is 11.6 Å². The van der Waals surface area contributed by atoms with Crippen LogP contribution in [0, 0.1) is 5.82 Å². The number of nitrogens with one attached hydrogen (secondary N) is 1. The van der Waals surface area contributed by atoms with Gasteiger partial charge in [0.25, 0.3) is 0 Å². The normalized spacial score (nSPS) is 11.1. The SMILES string of the molecule is Cn1c(CNCCc2ccccc2F)nc2ccccc21. The molecule has 0 amide bonds. The summed E-state index contributed by atoms with van der Waals surface area (Å²) in [5.74, 6) is 0.853. The average Bonchev–Trinajstić information content (AvgIpc) is 2.82. The van der Waals surface area contributed by atoms with Gasteiger partial charge in [-0.2, -0.15) is 0 Å². The Morgan fingerprint density at radius 3 is 2.67 bits per heavy atom. The van der Waals surface area contributed by atoms with Crippen molar-refractivity contribution in [1.82, 2.24) is 14.9 Å². The number of fused-ring (bicyclic) bond motifs is 1. The van der Waals surface area contributed by atoms with E-state index in [1.54, 1.807) is 6.07 Å². The molecule has 1 heterocycles. The predicted molar refractivity (Wildman–Crippen MR) is 82.5 cm³/mol. The van der Waals surface area contributed by atoms with Crippen LogP contribution in [0.15, 0.2) is 48.5 Å². The van der Waals surface area contributed by atoms with Crippen LogP contribution in [0.2, 0.25) is 0 Å². The van der Waals surface area contributed by atoms with E-state index in [-0.39, 0.29) is 5.82 Å². The Bertz CT molecular complexity index is 749. The minimum atomic E-state index is -0.137. The van der Waals surface area contributed by atoms with Crippen LogP contribution in [0.1, 0.15) is 11.4 Å². The highest BCUT2D eigenvalue weighted by Gasteiger charge is 2.06. The number of para-hydroxylation sites is 2. The van der Waals surface area contributed by atoms with Crippen molar-refractivity contribution >= 4 is 11.0 Å². The molecule has 4 heteroatoms. The van der Waals surface area contributed by atoms with E-state index < -0.39 is 0 Å². The number of benzene rings is 2. The number of aryl methyl sites for hydroxylation is 1. The third-order valence-corrected chi connectivity index (χ3v) is 3.69. The first kappa shape index (κ1) is 13.8. The van der Waals surface area contributed by atoms with Gasteiger partial charge in [-0.05, 0) is 36.7 Å². The Hall–Kier alpha value is -2.20. The molecule has 0 radical (unpaired) electrons. The summed E-state index contributed by atoms with van der Waals surface area (Å²) < 4.78 is 15.6. The Kier molecular flexibility index (Phi) is 3.97. The molecule has 1 N–H and O–H groups in total. The Morgan fingerprint density at radius 2 is 1.86 bits per heavy atom. The van der Waals surface area contributed by atoms with E-state index in [2.05, 4.69) is 20.9 Å². The van der Waals surface area contributed by atoms with E-state index in [4.69, 9.17) is 0 Å². The molecule has 0 saturated carbocycles. The molecule has 0 bridgehead atoms. The molecule has 1 aromatic heterocycles. The molecule has 0 aliphatic carbocycles. The van der Waals surface area contributed by atoms with E-state index >= 15 is 0 Å². The monoisotopic (exact) mass is 283 g/mol. The fourth-order valence-electron chi connectivity index (χ4n) is 2.48. The lowest BCUT2D eigenvalue weighted by atomic mass is 10.1. The summed E-state index contributed by atoms with van der Waals surface area (Å²) in [4.78, 5) is 4.60. The third-order valence-electron chi connectivity index (χ3n) is 3.69. The van der Waals surface area contributed by atoms with Crippen LogP contribution in [-0.2, 0) is 20.0 Å². The van der Waals surface area contributed by atoms with E-state index in [0.717, 1.165) is 29.0 Å². The van der Waals surface area contributed by atoms with E-state index in [9.17, 15) is 4.39 Å². The van der Waals surface area contributed by atoms with Gasteiger partial charge in [0.05, 0.1) is 17.6 Å². The summed E-state index contributed by atoms with van der Waals surface area (Å²) in [5, 5.41) is 3.33. The van der Waals surface area contributed by atoms with Crippen molar-refractivity contribution in [2.24, 2.45) is 7.05 Å². The van der Waals surface area contributed by atoms with E-state index in [1.165, 1.54) is 6.07 Å². The number of rotatable bonds is 5. The quantitative estimate of drug-likeness (QED) is 0.729. The first-order valence-corrected chi connectivity index (χ1v) is 7.10. The van der Waals surface area contributed by atoms with Gasteiger partial charge in [-0.3, -0.25) is 0 Å². The summed E-state index contributed by atoms with van der Waals surface area (Å²) in [7, 11) is 2.02. The number of imidazole rings is 1. The minimum absolute atomic E-state index is 0.137. The Morgan fingerprint density at radius 1 is 1.10 bits per heavy atom. The zero-order valence-corrected chi connectivity index (χ0v) is 12.0. The summed E-state index contributed by atoms with van der Waals surface area (Å²) in [6.07, 6.45) is 0.677. The van der Waals surface area contributed by atoms with Crippen molar-refractivity contribution in [2.75, 3.05) is 6.54 Å². The largest absolute Gasteiger partial charge is 0.330 e. The Balaban J connectivity index is 1.60. The number of hydrogen-bond acceptors (Lipinski definition) is 2. The lowest BCUT2D eigenvalue weighted by Crippen LogP contribution is -2.19. The van der Waals surface area contributed by atoms with E-state index in [1.807, 2.05) is 37.4 Å². The summed E-state index contributed by atoms with van der Waals surface area (Å²) in [6, 6.07) is 15.0. The Labute approximate surface area is 123 Å². The number of halogens is 1. The molecule has 0 unspecified atom stereocenters. The molecule has 3 aromatic rings. The topological polar surface area (TPSA) is 29.9 Å². The van der Waals surface area contributed by atoms with Crippen LogP contribution < -0.4 is 5.32 Å². The van der Waals surface area contributed by atoms with Crippen LogP contribution >= 0.6 is 0 Å². The van der Waals surface area contributed by atoms with Crippen molar-refractivity contribution in [3.63, 3.8) is 0 Å². The maximum absolute atomic E-state index is 13.5.